The van der Waals surface area contributed by atoms with Gasteiger partial charge in [-0.3, -0.25) is 0 Å². The van der Waals surface area contributed by atoms with E-state index in [0.29, 0.717) is 23.8 Å². The monoisotopic (exact) mass is 382 g/mol. The van der Waals surface area contributed by atoms with Crippen LogP contribution in [0.4, 0.5) is 0 Å². The maximum absolute atomic E-state index is 12.3. The van der Waals surface area contributed by atoms with Gasteiger partial charge in [0.1, 0.15) is 11.5 Å². The van der Waals surface area contributed by atoms with Gasteiger partial charge in [-0.25, -0.2) is 4.79 Å². The summed E-state index contributed by atoms with van der Waals surface area (Å²) >= 11 is 0. The molecule has 0 unspecified atom stereocenters. The molecule has 28 heavy (non-hydrogen) atoms. The number of aromatic nitrogens is 2. The van der Waals surface area contributed by atoms with Crippen molar-refractivity contribution in [1.29, 1.82) is 0 Å². The van der Waals surface area contributed by atoms with Crippen molar-refractivity contribution in [3.8, 4) is 23.0 Å². The highest BCUT2D eigenvalue weighted by molar-refractivity contribution is 5.89. The summed E-state index contributed by atoms with van der Waals surface area (Å²) in [4.78, 5) is 12.3. The topological polar surface area (TPSA) is 83.7 Å². The van der Waals surface area contributed by atoms with Crippen molar-refractivity contribution in [2.45, 2.75) is 26.4 Å². The van der Waals surface area contributed by atoms with Crippen LogP contribution in [-0.4, -0.2) is 29.9 Å². The number of carbonyl (C=O) groups excluding carboxylic acids is 1. The van der Waals surface area contributed by atoms with Crippen molar-refractivity contribution in [2.24, 2.45) is 0 Å². The smallest absolute Gasteiger partial charge is 0.338 e. The van der Waals surface area contributed by atoms with Crippen LogP contribution in [-0.2, 0) is 4.74 Å². The highest BCUT2D eigenvalue weighted by atomic mass is 16.6. The van der Waals surface area contributed by atoms with Crippen LogP contribution < -0.4 is 9.47 Å². The molecule has 0 bridgehead atoms. The fourth-order valence-electron chi connectivity index (χ4n) is 2.44. The van der Waals surface area contributed by atoms with E-state index in [1.165, 1.54) is 0 Å². The Balaban J connectivity index is 1.63. The molecule has 0 saturated carbocycles. The second-order valence-electron chi connectivity index (χ2n) is 6.09. The molecule has 1 aromatic heterocycles. The van der Waals surface area contributed by atoms with E-state index in [2.05, 4.69) is 10.2 Å². The molecule has 0 aliphatic rings. The SMILES string of the molecule is CCCOc1ccc(C(=O)O[C@@H](C)c2nnc(-c3ccc(OC)cc3)o2)cc1. The van der Waals surface area contributed by atoms with Crippen molar-refractivity contribution in [2.75, 3.05) is 13.7 Å². The Hall–Kier alpha value is -3.35. The summed E-state index contributed by atoms with van der Waals surface area (Å²) in [6.07, 6.45) is 0.243. The van der Waals surface area contributed by atoms with Gasteiger partial charge in [0.05, 0.1) is 19.3 Å². The van der Waals surface area contributed by atoms with E-state index in [9.17, 15) is 4.79 Å². The van der Waals surface area contributed by atoms with Crippen LogP contribution in [0.3, 0.4) is 0 Å². The van der Waals surface area contributed by atoms with E-state index in [1.807, 2.05) is 19.1 Å². The fraction of sp³-hybridized carbons (Fsp3) is 0.286. The third kappa shape index (κ3) is 4.68. The predicted molar refractivity (Wildman–Crippen MR) is 102 cm³/mol. The Morgan fingerprint density at radius 2 is 1.71 bits per heavy atom. The Morgan fingerprint density at radius 3 is 2.36 bits per heavy atom. The zero-order chi connectivity index (χ0) is 19.9. The zero-order valence-electron chi connectivity index (χ0n) is 16.0. The van der Waals surface area contributed by atoms with Gasteiger partial charge in [0.25, 0.3) is 5.89 Å². The Labute approximate surface area is 163 Å². The van der Waals surface area contributed by atoms with Gasteiger partial charge in [0.2, 0.25) is 5.89 Å². The van der Waals surface area contributed by atoms with E-state index in [4.69, 9.17) is 18.6 Å². The molecule has 7 nitrogen and oxygen atoms in total. The second-order valence-corrected chi connectivity index (χ2v) is 6.09. The van der Waals surface area contributed by atoms with Crippen LogP contribution in [0.25, 0.3) is 11.5 Å². The molecule has 3 rings (SSSR count). The minimum atomic E-state index is -0.678. The van der Waals surface area contributed by atoms with Crippen molar-refractivity contribution in [1.82, 2.24) is 10.2 Å². The Morgan fingerprint density at radius 1 is 1.04 bits per heavy atom. The van der Waals surface area contributed by atoms with Crippen LogP contribution in [0, 0.1) is 0 Å². The summed E-state index contributed by atoms with van der Waals surface area (Å²) in [5, 5.41) is 8.00. The third-order valence-corrected chi connectivity index (χ3v) is 3.97. The van der Waals surface area contributed by atoms with E-state index >= 15 is 0 Å². The number of rotatable bonds is 8. The van der Waals surface area contributed by atoms with Gasteiger partial charge in [0, 0.05) is 5.56 Å². The fourth-order valence-corrected chi connectivity index (χ4v) is 2.44. The number of methoxy groups -OCH3 is 1. The number of esters is 1. The standard InChI is InChI=1S/C21H22N2O5/c1-4-13-26-18-11-7-16(8-12-18)21(24)27-14(2)19-22-23-20(28-19)15-5-9-17(25-3)10-6-15/h5-12,14H,4,13H2,1-3H3/t14-/m0/s1. The van der Waals surface area contributed by atoms with Gasteiger partial charge in [-0.2, -0.15) is 0 Å². The molecular formula is C21H22N2O5. The summed E-state index contributed by atoms with van der Waals surface area (Å²) in [5.41, 5.74) is 1.17. The summed E-state index contributed by atoms with van der Waals surface area (Å²) in [6, 6.07) is 14.0. The molecule has 7 heteroatoms. The molecule has 0 amide bonds. The number of hydrogen-bond donors (Lipinski definition) is 0. The average molecular weight is 382 g/mol. The number of nitrogens with zero attached hydrogens (tertiary/aromatic N) is 2. The van der Waals surface area contributed by atoms with E-state index < -0.39 is 12.1 Å². The summed E-state index contributed by atoms with van der Waals surface area (Å²) in [7, 11) is 1.60. The summed E-state index contributed by atoms with van der Waals surface area (Å²) < 4.78 is 21.7. The molecule has 0 fully saturated rings. The molecule has 0 aliphatic carbocycles. The molecule has 2 aromatic carbocycles. The Kier molecular flexibility index (Phi) is 6.26. The van der Waals surface area contributed by atoms with Crippen LogP contribution in [0.1, 0.15) is 42.6 Å². The second kappa shape index (κ2) is 9.03. The lowest BCUT2D eigenvalue weighted by Crippen LogP contribution is -2.09. The molecule has 0 aliphatic heterocycles. The lowest BCUT2D eigenvalue weighted by Gasteiger charge is -2.10. The van der Waals surface area contributed by atoms with Crippen molar-refractivity contribution < 1.29 is 23.4 Å². The molecule has 1 atom stereocenters. The minimum Gasteiger partial charge on any atom is -0.497 e. The number of carbonyl (C=O) groups is 1. The maximum atomic E-state index is 12.3. The van der Waals surface area contributed by atoms with Crippen molar-refractivity contribution in [3.63, 3.8) is 0 Å². The quantitative estimate of drug-likeness (QED) is 0.532. The first kappa shape index (κ1) is 19.4. The highest BCUT2D eigenvalue weighted by Crippen LogP contribution is 2.25. The number of ether oxygens (including phenoxy) is 3. The van der Waals surface area contributed by atoms with Gasteiger partial charge in [0.15, 0.2) is 6.10 Å². The maximum Gasteiger partial charge on any atom is 0.338 e. The lowest BCUT2D eigenvalue weighted by atomic mass is 10.2. The molecule has 3 aromatic rings. The molecule has 0 spiro atoms. The van der Waals surface area contributed by atoms with Crippen molar-refractivity contribution in [3.05, 3.63) is 60.0 Å². The first-order chi connectivity index (χ1) is 13.6. The van der Waals surface area contributed by atoms with Crippen molar-refractivity contribution >= 4 is 5.97 Å². The van der Waals surface area contributed by atoms with Crippen LogP contribution in [0.15, 0.2) is 52.9 Å². The summed E-state index contributed by atoms with van der Waals surface area (Å²) in [5.74, 6) is 1.54. The minimum absolute atomic E-state index is 0.224. The van der Waals surface area contributed by atoms with E-state index in [-0.39, 0.29) is 5.89 Å². The molecule has 0 radical (unpaired) electrons. The van der Waals surface area contributed by atoms with E-state index in [0.717, 1.165) is 17.7 Å². The van der Waals surface area contributed by atoms with Gasteiger partial charge < -0.3 is 18.6 Å². The van der Waals surface area contributed by atoms with Crippen LogP contribution >= 0.6 is 0 Å². The Bertz CT molecular complexity index is 903. The largest absolute Gasteiger partial charge is 0.497 e. The zero-order valence-corrected chi connectivity index (χ0v) is 16.0. The number of benzene rings is 2. The van der Waals surface area contributed by atoms with Gasteiger partial charge in [-0.15, -0.1) is 10.2 Å². The van der Waals surface area contributed by atoms with Crippen LogP contribution in [0.2, 0.25) is 0 Å². The predicted octanol–water partition coefficient (Wildman–Crippen LogP) is 4.45. The number of hydrogen-bond acceptors (Lipinski definition) is 7. The lowest BCUT2D eigenvalue weighted by molar-refractivity contribution is 0.0280. The first-order valence-electron chi connectivity index (χ1n) is 9.02. The van der Waals surface area contributed by atoms with Gasteiger partial charge in [-0.1, -0.05) is 6.92 Å². The molecular weight excluding hydrogens is 360 g/mol. The first-order valence-corrected chi connectivity index (χ1v) is 9.02. The molecule has 146 valence electrons. The van der Waals surface area contributed by atoms with Gasteiger partial charge in [-0.05, 0) is 61.9 Å². The molecule has 0 N–H and O–H groups in total. The third-order valence-electron chi connectivity index (χ3n) is 3.97. The normalized spacial score (nSPS) is 11.7. The summed E-state index contributed by atoms with van der Waals surface area (Å²) in [6.45, 7) is 4.35. The highest BCUT2D eigenvalue weighted by Gasteiger charge is 2.20. The average Bonchev–Trinajstić information content (AvgIpc) is 3.23. The molecule has 1 heterocycles. The molecule has 0 saturated heterocycles. The van der Waals surface area contributed by atoms with Gasteiger partial charge >= 0.3 is 5.97 Å². The van der Waals surface area contributed by atoms with E-state index in [1.54, 1.807) is 50.4 Å². The van der Waals surface area contributed by atoms with Crippen LogP contribution in [0.5, 0.6) is 11.5 Å².